The lowest BCUT2D eigenvalue weighted by Crippen LogP contribution is -2.50. The van der Waals surface area contributed by atoms with Crippen molar-refractivity contribution in [3.05, 3.63) is 48.0 Å². The molecule has 0 unspecified atom stereocenters. The summed E-state index contributed by atoms with van der Waals surface area (Å²) >= 11 is 0. The highest BCUT2D eigenvalue weighted by Gasteiger charge is 2.41. The van der Waals surface area contributed by atoms with E-state index in [1.165, 1.54) is 12.8 Å². The molecule has 0 spiro atoms. The maximum Gasteiger partial charge on any atom is 0.300 e. The van der Waals surface area contributed by atoms with Crippen molar-refractivity contribution in [3.8, 4) is 0 Å². The van der Waals surface area contributed by atoms with Gasteiger partial charge in [0.05, 0.1) is 12.1 Å². The molecule has 5 rings (SSSR count). The van der Waals surface area contributed by atoms with Crippen LogP contribution in [-0.2, 0) is 9.53 Å². The number of nitrogens with one attached hydrogen (secondary N) is 2. The van der Waals surface area contributed by atoms with Crippen LogP contribution in [0.1, 0.15) is 43.0 Å². The standard InChI is InChI=1S/C23H28N2O2.C2H4O2/c26-23(20-7-3-5-16-4-1-2-6-19(16)20)25-21-10-17-12-24-13-18(17)11-22(21)27-14-15-8-9-15;1-2(3)4/h1-7,15,17-18,21-22,24H,8-14H2,(H,25,26);1H3,(H,3,4)/t17-,18+,21-,22-;/m0./s1. The third kappa shape index (κ3) is 5.63. The number of ether oxygens (including phenoxy) is 1. The molecule has 0 aromatic heterocycles. The predicted molar refractivity (Wildman–Crippen MR) is 120 cm³/mol. The van der Waals surface area contributed by atoms with Crippen LogP contribution in [0.25, 0.3) is 10.8 Å². The smallest absolute Gasteiger partial charge is 0.300 e. The van der Waals surface area contributed by atoms with Gasteiger partial charge in [-0.3, -0.25) is 9.59 Å². The number of hydrogen-bond donors (Lipinski definition) is 3. The molecule has 4 atom stereocenters. The Morgan fingerprint density at radius 3 is 2.48 bits per heavy atom. The second-order valence-electron chi connectivity index (χ2n) is 9.09. The molecule has 1 amide bonds. The molecule has 6 nitrogen and oxygen atoms in total. The van der Waals surface area contributed by atoms with Crippen LogP contribution in [0.2, 0.25) is 0 Å². The fourth-order valence-corrected chi connectivity index (χ4v) is 4.83. The highest BCUT2D eigenvalue weighted by molar-refractivity contribution is 6.07. The molecular weight excluding hydrogens is 392 g/mol. The number of rotatable bonds is 5. The average Bonchev–Trinajstić information content (AvgIpc) is 3.47. The minimum Gasteiger partial charge on any atom is -0.481 e. The van der Waals surface area contributed by atoms with Gasteiger partial charge in [0.25, 0.3) is 11.9 Å². The summed E-state index contributed by atoms with van der Waals surface area (Å²) in [6, 6.07) is 14.2. The van der Waals surface area contributed by atoms with E-state index in [1.807, 2.05) is 30.3 Å². The van der Waals surface area contributed by atoms with Crippen LogP contribution < -0.4 is 10.6 Å². The number of carboxylic acid groups (broad SMARTS) is 1. The number of carbonyl (C=O) groups excluding carboxylic acids is 1. The van der Waals surface area contributed by atoms with Crippen LogP contribution in [-0.4, -0.2) is 48.8 Å². The first kappa shape index (κ1) is 21.8. The Labute approximate surface area is 183 Å². The third-order valence-electron chi connectivity index (χ3n) is 6.61. The summed E-state index contributed by atoms with van der Waals surface area (Å²) < 4.78 is 6.31. The van der Waals surface area contributed by atoms with Crippen molar-refractivity contribution < 1.29 is 19.4 Å². The minimum atomic E-state index is -0.833. The number of benzene rings is 2. The molecule has 3 aliphatic rings. The zero-order valence-electron chi connectivity index (χ0n) is 18.0. The van der Waals surface area contributed by atoms with Crippen LogP contribution in [0.3, 0.4) is 0 Å². The summed E-state index contributed by atoms with van der Waals surface area (Å²) in [5.41, 5.74) is 0.765. The Bertz CT molecular complexity index is 917. The quantitative estimate of drug-likeness (QED) is 0.684. The molecule has 166 valence electrons. The second kappa shape index (κ2) is 9.79. The van der Waals surface area contributed by atoms with E-state index < -0.39 is 5.97 Å². The van der Waals surface area contributed by atoms with Gasteiger partial charge in [0.15, 0.2) is 0 Å². The van der Waals surface area contributed by atoms with E-state index in [9.17, 15) is 4.79 Å². The topological polar surface area (TPSA) is 87.7 Å². The van der Waals surface area contributed by atoms with E-state index in [2.05, 4.69) is 22.8 Å². The Morgan fingerprint density at radius 2 is 1.74 bits per heavy atom. The molecule has 3 fully saturated rings. The largest absolute Gasteiger partial charge is 0.481 e. The Hall–Kier alpha value is -2.44. The third-order valence-corrected chi connectivity index (χ3v) is 6.61. The fraction of sp³-hybridized carbons (Fsp3) is 0.520. The molecule has 31 heavy (non-hydrogen) atoms. The van der Waals surface area contributed by atoms with Gasteiger partial charge in [0, 0.05) is 19.1 Å². The Balaban J connectivity index is 0.000000535. The van der Waals surface area contributed by atoms with E-state index in [-0.39, 0.29) is 18.1 Å². The molecule has 0 bridgehead atoms. The first-order valence-electron chi connectivity index (χ1n) is 11.3. The highest BCUT2D eigenvalue weighted by Crippen LogP contribution is 2.36. The number of aliphatic carboxylic acids is 1. The van der Waals surface area contributed by atoms with Crippen molar-refractivity contribution >= 4 is 22.6 Å². The SMILES string of the molecule is CC(=O)O.O=C(N[C@H]1C[C@H]2CNC[C@H]2C[C@@H]1OCC1CC1)c1cccc2ccccc12. The molecule has 3 N–H and O–H groups in total. The lowest BCUT2D eigenvalue weighted by atomic mass is 9.77. The summed E-state index contributed by atoms with van der Waals surface area (Å²) in [7, 11) is 0. The van der Waals surface area contributed by atoms with Gasteiger partial charge in [0.2, 0.25) is 0 Å². The maximum atomic E-state index is 13.1. The van der Waals surface area contributed by atoms with Gasteiger partial charge in [-0.25, -0.2) is 0 Å². The lowest BCUT2D eigenvalue weighted by Gasteiger charge is -2.38. The summed E-state index contributed by atoms with van der Waals surface area (Å²) in [6.45, 7) is 4.11. The van der Waals surface area contributed by atoms with Gasteiger partial charge in [0.1, 0.15) is 0 Å². The van der Waals surface area contributed by atoms with Gasteiger partial charge in [-0.1, -0.05) is 36.4 Å². The monoisotopic (exact) mass is 424 g/mol. The van der Waals surface area contributed by atoms with E-state index in [0.717, 1.165) is 61.7 Å². The number of carbonyl (C=O) groups is 2. The average molecular weight is 425 g/mol. The van der Waals surface area contributed by atoms with E-state index >= 15 is 0 Å². The van der Waals surface area contributed by atoms with Crippen LogP contribution in [0.5, 0.6) is 0 Å². The van der Waals surface area contributed by atoms with E-state index in [0.29, 0.717) is 11.8 Å². The highest BCUT2D eigenvalue weighted by atomic mass is 16.5. The number of amides is 1. The van der Waals surface area contributed by atoms with Gasteiger partial charge >= 0.3 is 0 Å². The van der Waals surface area contributed by atoms with Crippen molar-refractivity contribution in [1.29, 1.82) is 0 Å². The van der Waals surface area contributed by atoms with Crippen LogP contribution >= 0.6 is 0 Å². The van der Waals surface area contributed by atoms with Gasteiger partial charge in [-0.2, -0.15) is 0 Å². The molecule has 2 saturated carbocycles. The molecule has 2 aromatic rings. The van der Waals surface area contributed by atoms with Crippen molar-refractivity contribution in [1.82, 2.24) is 10.6 Å². The molecule has 2 aliphatic carbocycles. The van der Waals surface area contributed by atoms with Crippen molar-refractivity contribution in [3.63, 3.8) is 0 Å². The number of fused-ring (bicyclic) bond motifs is 2. The summed E-state index contributed by atoms with van der Waals surface area (Å²) in [5, 5.41) is 16.4. The van der Waals surface area contributed by atoms with Gasteiger partial charge in [-0.05, 0) is 73.4 Å². The summed E-state index contributed by atoms with van der Waals surface area (Å²) in [6.07, 6.45) is 4.82. The number of carboxylic acids is 1. The summed E-state index contributed by atoms with van der Waals surface area (Å²) in [4.78, 5) is 22.1. The minimum absolute atomic E-state index is 0.0289. The van der Waals surface area contributed by atoms with Crippen LogP contribution in [0.15, 0.2) is 42.5 Å². The van der Waals surface area contributed by atoms with E-state index in [1.54, 1.807) is 0 Å². The van der Waals surface area contributed by atoms with Gasteiger partial charge < -0.3 is 20.5 Å². The van der Waals surface area contributed by atoms with Crippen LogP contribution in [0, 0.1) is 17.8 Å². The van der Waals surface area contributed by atoms with Crippen molar-refractivity contribution in [2.24, 2.45) is 17.8 Å². The first-order valence-corrected chi connectivity index (χ1v) is 11.3. The molecule has 1 saturated heterocycles. The summed E-state index contributed by atoms with van der Waals surface area (Å²) in [5.74, 6) is 1.29. The van der Waals surface area contributed by atoms with Gasteiger partial charge in [-0.15, -0.1) is 0 Å². The molecular formula is C25H32N2O4. The molecule has 1 heterocycles. The van der Waals surface area contributed by atoms with E-state index in [4.69, 9.17) is 14.6 Å². The van der Waals surface area contributed by atoms with Crippen molar-refractivity contribution in [2.45, 2.75) is 44.8 Å². The lowest BCUT2D eigenvalue weighted by molar-refractivity contribution is -0.134. The zero-order chi connectivity index (χ0) is 21.8. The molecule has 6 heteroatoms. The van der Waals surface area contributed by atoms with Crippen LogP contribution in [0.4, 0.5) is 0 Å². The van der Waals surface area contributed by atoms with Crippen molar-refractivity contribution in [2.75, 3.05) is 19.7 Å². The normalized spacial score (nSPS) is 27.1. The molecule has 0 radical (unpaired) electrons. The molecule has 2 aromatic carbocycles. The number of hydrogen-bond acceptors (Lipinski definition) is 4. The zero-order valence-corrected chi connectivity index (χ0v) is 18.0. The Kier molecular flexibility index (Phi) is 6.88. The fourth-order valence-electron chi connectivity index (χ4n) is 4.83. The first-order chi connectivity index (χ1) is 15.0. The molecule has 1 aliphatic heterocycles. The second-order valence-corrected chi connectivity index (χ2v) is 9.09. The Morgan fingerprint density at radius 1 is 1.06 bits per heavy atom. The predicted octanol–water partition coefficient (Wildman–Crippen LogP) is 3.45. The maximum absolute atomic E-state index is 13.1.